The minimum atomic E-state index is -1.66. The van der Waals surface area contributed by atoms with Crippen molar-refractivity contribution in [3.63, 3.8) is 0 Å². The Balaban J connectivity index is 2.36. The molecule has 1 saturated heterocycles. The van der Waals surface area contributed by atoms with Gasteiger partial charge in [-0.1, -0.05) is 212 Å². The normalized spacial score (nSPS) is 21.3. The Kier molecular flexibility index (Phi) is 39.2. The fourth-order valence-corrected chi connectivity index (χ4v) is 8.50. The maximum absolute atomic E-state index is 13.1. The SMILES string of the molecule is CCCCCCCCCCCCCCCCCCCC/C=C/CCCC(O)C(O)C(COC1OC(CO)C(O)C(O)C1O)NC(=O)C(O)CCCCCCCCCCCCCC. The number of aliphatic hydroxyl groups is 7. The van der Waals surface area contributed by atoms with E-state index >= 15 is 0 Å². The van der Waals surface area contributed by atoms with E-state index in [-0.39, 0.29) is 12.8 Å². The first kappa shape index (κ1) is 58.9. The lowest BCUT2D eigenvalue weighted by Crippen LogP contribution is -2.60. The third-order valence-corrected chi connectivity index (χ3v) is 12.8. The molecular weight excluding hydrogens is 787 g/mol. The lowest BCUT2D eigenvalue weighted by Gasteiger charge is -2.40. The number of hydrogen-bond donors (Lipinski definition) is 8. The fourth-order valence-electron chi connectivity index (χ4n) is 8.50. The summed E-state index contributed by atoms with van der Waals surface area (Å²) >= 11 is 0. The van der Waals surface area contributed by atoms with Crippen molar-refractivity contribution in [1.29, 1.82) is 0 Å². The number of unbranched alkanes of at least 4 members (excludes halogenated alkanes) is 30. The van der Waals surface area contributed by atoms with Gasteiger partial charge in [-0.3, -0.25) is 4.79 Å². The van der Waals surface area contributed by atoms with Gasteiger partial charge in [-0.15, -0.1) is 0 Å². The first-order valence-electron chi connectivity index (χ1n) is 26.1. The summed E-state index contributed by atoms with van der Waals surface area (Å²) in [5, 5.41) is 75.8. The van der Waals surface area contributed by atoms with Crippen LogP contribution in [0.25, 0.3) is 0 Å². The van der Waals surface area contributed by atoms with Crippen LogP contribution in [0.5, 0.6) is 0 Å². The van der Waals surface area contributed by atoms with Crippen molar-refractivity contribution in [2.45, 2.75) is 294 Å². The highest BCUT2D eigenvalue weighted by Gasteiger charge is 2.44. The standard InChI is InChI=1S/C51H99NO10/c1-3-5-7-9-11-13-15-17-18-19-20-21-22-23-24-25-26-27-29-30-32-34-36-38-43(54)46(56)42(41-61-51-49(59)48(58)47(57)45(40-53)62-51)52-50(60)44(55)39-37-35-33-31-28-16-14-12-10-8-6-4-2/h30,32,42-49,51,53-59H,3-29,31,33-41H2,1-2H3,(H,52,60)/b32-30+. The Labute approximate surface area is 379 Å². The molecule has 1 aliphatic heterocycles. The van der Waals surface area contributed by atoms with Crippen molar-refractivity contribution in [3.05, 3.63) is 12.2 Å². The molecule has 0 aromatic heterocycles. The predicted octanol–water partition coefficient (Wildman–Crippen LogP) is 9.62. The number of amides is 1. The molecule has 0 bridgehead atoms. The summed E-state index contributed by atoms with van der Waals surface area (Å²) < 4.78 is 11.1. The molecule has 0 aromatic carbocycles. The number of nitrogens with one attached hydrogen (secondary N) is 1. The van der Waals surface area contributed by atoms with Crippen LogP contribution < -0.4 is 5.32 Å². The Bertz CT molecular complexity index is 1020. The average Bonchev–Trinajstić information content (AvgIpc) is 3.27. The molecule has 1 heterocycles. The van der Waals surface area contributed by atoms with E-state index in [0.29, 0.717) is 12.8 Å². The molecule has 11 nitrogen and oxygen atoms in total. The van der Waals surface area contributed by atoms with Gasteiger partial charge in [0.2, 0.25) is 5.91 Å². The summed E-state index contributed by atoms with van der Waals surface area (Å²) in [5.41, 5.74) is 0. The Morgan fingerprint density at radius 3 is 1.39 bits per heavy atom. The van der Waals surface area contributed by atoms with Gasteiger partial charge in [0.25, 0.3) is 0 Å². The molecule has 0 aliphatic carbocycles. The van der Waals surface area contributed by atoms with E-state index in [1.54, 1.807) is 0 Å². The highest BCUT2D eigenvalue weighted by molar-refractivity contribution is 5.80. The first-order valence-corrected chi connectivity index (χ1v) is 26.1. The number of rotatable bonds is 44. The van der Waals surface area contributed by atoms with Crippen LogP contribution in [-0.4, -0.2) is 110 Å². The van der Waals surface area contributed by atoms with Crippen LogP contribution in [0.4, 0.5) is 0 Å². The number of ether oxygens (including phenoxy) is 2. The van der Waals surface area contributed by atoms with Gasteiger partial charge in [0.05, 0.1) is 25.4 Å². The molecule has 8 N–H and O–H groups in total. The summed E-state index contributed by atoms with van der Waals surface area (Å²) in [5.74, 6) is -0.704. The summed E-state index contributed by atoms with van der Waals surface area (Å²) in [7, 11) is 0. The average molecular weight is 886 g/mol. The summed E-state index contributed by atoms with van der Waals surface area (Å²) in [6.45, 7) is 3.44. The Morgan fingerprint density at radius 2 is 0.952 bits per heavy atom. The number of carbonyl (C=O) groups is 1. The second-order valence-corrected chi connectivity index (χ2v) is 18.6. The monoisotopic (exact) mass is 886 g/mol. The molecule has 62 heavy (non-hydrogen) atoms. The largest absolute Gasteiger partial charge is 0.394 e. The second-order valence-electron chi connectivity index (χ2n) is 18.6. The van der Waals surface area contributed by atoms with Gasteiger partial charge in [0.1, 0.15) is 36.6 Å². The topological polar surface area (TPSA) is 189 Å². The van der Waals surface area contributed by atoms with Crippen LogP contribution in [0.3, 0.4) is 0 Å². The predicted molar refractivity (Wildman–Crippen MR) is 252 cm³/mol. The van der Waals surface area contributed by atoms with Crippen molar-refractivity contribution >= 4 is 5.91 Å². The maximum Gasteiger partial charge on any atom is 0.249 e. The number of carbonyl (C=O) groups excluding carboxylic acids is 1. The quantitative estimate of drug-likeness (QED) is 0.0216. The van der Waals surface area contributed by atoms with Crippen LogP contribution in [0.1, 0.15) is 239 Å². The third-order valence-electron chi connectivity index (χ3n) is 12.8. The maximum atomic E-state index is 13.1. The van der Waals surface area contributed by atoms with Crippen LogP contribution in [0, 0.1) is 0 Å². The molecule has 368 valence electrons. The highest BCUT2D eigenvalue weighted by Crippen LogP contribution is 2.23. The Morgan fingerprint density at radius 1 is 0.548 bits per heavy atom. The molecule has 9 unspecified atom stereocenters. The van der Waals surface area contributed by atoms with Gasteiger partial charge in [0.15, 0.2) is 6.29 Å². The molecule has 1 amide bonds. The zero-order valence-corrected chi connectivity index (χ0v) is 39.9. The lowest BCUT2D eigenvalue weighted by atomic mass is 9.98. The number of hydrogen-bond acceptors (Lipinski definition) is 10. The van der Waals surface area contributed by atoms with Crippen molar-refractivity contribution < 1.29 is 50.0 Å². The smallest absolute Gasteiger partial charge is 0.249 e. The molecule has 1 aliphatic rings. The van der Waals surface area contributed by atoms with E-state index in [9.17, 15) is 40.5 Å². The van der Waals surface area contributed by atoms with Crippen LogP contribution in [0.15, 0.2) is 12.2 Å². The van der Waals surface area contributed by atoms with Gasteiger partial charge in [-0.25, -0.2) is 0 Å². The minimum absolute atomic E-state index is 0.258. The van der Waals surface area contributed by atoms with Crippen molar-refractivity contribution in [2.75, 3.05) is 13.2 Å². The lowest BCUT2D eigenvalue weighted by molar-refractivity contribution is -0.303. The molecule has 1 fully saturated rings. The molecule has 1 rings (SSSR count). The van der Waals surface area contributed by atoms with Crippen molar-refractivity contribution in [1.82, 2.24) is 5.32 Å². The zero-order valence-electron chi connectivity index (χ0n) is 39.9. The molecule has 0 spiro atoms. The number of allylic oxidation sites excluding steroid dienone is 2. The molecule has 0 saturated carbocycles. The van der Waals surface area contributed by atoms with E-state index in [2.05, 4.69) is 31.3 Å². The molecule has 0 radical (unpaired) electrons. The van der Waals surface area contributed by atoms with Gasteiger partial charge in [0, 0.05) is 0 Å². The summed E-state index contributed by atoms with van der Waals surface area (Å²) in [6, 6.07) is -1.18. The molecule has 0 aromatic rings. The van der Waals surface area contributed by atoms with E-state index in [1.807, 2.05) is 0 Å². The fraction of sp³-hybridized carbons (Fsp3) is 0.941. The van der Waals surface area contributed by atoms with Crippen LogP contribution >= 0.6 is 0 Å². The van der Waals surface area contributed by atoms with Gasteiger partial charge in [-0.05, 0) is 38.5 Å². The molecule has 11 heteroatoms. The van der Waals surface area contributed by atoms with Gasteiger partial charge in [-0.2, -0.15) is 0 Å². The third kappa shape index (κ3) is 30.1. The van der Waals surface area contributed by atoms with Gasteiger partial charge >= 0.3 is 0 Å². The zero-order chi connectivity index (χ0) is 45.5. The van der Waals surface area contributed by atoms with E-state index in [1.165, 1.54) is 161 Å². The van der Waals surface area contributed by atoms with E-state index in [0.717, 1.165) is 38.5 Å². The highest BCUT2D eigenvalue weighted by atomic mass is 16.7. The van der Waals surface area contributed by atoms with E-state index in [4.69, 9.17) is 9.47 Å². The summed E-state index contributed by atoms with van der Waals surface area (Å²) in [6.07, 6.45) is 34.2. The first-order chi connectivity index (χ1) is 30.2. The van der Waals surface area contributed by atoms with Crippen molar-refractivity contribution in [2.24, 2.45) is 0 Å². The van der Waals surface area contributed by atoms with E-state index < -0.39 is 74.2 Å². The van der Waals surface area contributed by atoms with Gasteiger partial charge < -0.3 is 50.5 Å². The minimum Gasteiger partial charge on any atom is -0.394 e. The second kappa shape index (κ2) is 41.3. The van der Waals surface area contributed by atoms with Crippen LogP contribution in [-0.2, 0) is 14.3 Å². The molecule has 9 atom stereocenters. The van der Waals surface area contributed by atoms with Crippen LogP contribution in [0.2, 0.25) is 0 Å². The van der Waals surface area contributed by atoms with Crippen molar-refractivity contribution in [3.8, 4) is 0 Å². The molecular formula is C51H99NO10. The Hall–Kier alpha value is -1.15. The summed E-state index contributed by atoms with van der Waals surface area (Å²) in [4.78, 5) is 13.1. The number of aliphatic hydroxyl groups excluding tert-OH is 7.